The molecule has 0 aliphatic heterocycles. The molecule has 0 spiro atoms. The van der Waals surface area contributed by atoms with Gasteiger partial charge in [-0.2, -0.15) is 5.10 Å². The molecular weight excluding hydrogens is 265 g/mol. The van der Waals surface area contributed by atoms with E-state index in [-0.39, 0.29) is 17.8 Å². The fourth-order valence-corrected chi connectivity index (χ4v) is 1.81. The van der Waals surface area contributed by atoms with Crippen LogP contribution in [0.25, 0.3) is 0 Å². The third-order valence-corrected chi connectivity index (χ3v) is 2.79. The van der Waals surface area contributed by atoms with Crippen LogP contribution in [0.4, 0.5) is 10.1 Å². The Hall–Kier alpha value is -2.35. The summed E-state index contributed by atoms with van der Waals surface area (Å²) in [6, 6.07) is 3.38. The van der Waals surface area contributed by atoms with Crippen LogP contribution in [0.1, 0.15) is 18.3 Å². The quantitative estimate of drug-likeness (QED) is 0.639. The van der Waals surface area contributed by atoms with E-state index in [2.05, 4.69) is 15.4 Å². The number of nitrogens with zero attached hydrogens (tertiary/aromatic N) is 4. The molecule has 1 heterocycles. The number of hydrogen-bond donors (Lipinski definition) is 1. The van der Waals surface area contributed by atoms with Crippen LogP contribution < -0.4 is 5.32 Å². The molecule has 0 aliphatic carbocycles. The molecule has 8 heteroatoms. The number of rotatable bonds is 6. The first-order chi connectivity index (χ1) is 9.61. The van der Waals surface area contributed by atoms with Crippen molar-refractivity contribution in [3.8, 4) is 0 Å². The average Bonchev–Trinajstić information content (AvgIpc) is 2.83. The lowest BCUT2D eigenvalue weighted by Crippen LogP contribution is -2.17. The largest absolute Gasteiger partial charge is 0.310 e. The smallest absolute Gasteiger partial charge is 0.274 e. The maximum atomic E-state index is 13.3. The Morgan fingerprint density at radius 2 is 2.30 bits per heavy atom. The lowest BCUT2D eigenvalue weighted by atomic mass is 10.1. The molecule has 2 rings (SSSR count). The normalized spacial score (nSPS) is 10.7. The average molecular weight is 279 g/mol. The molecule has 0 atom stereocenters. The first-order valence-electron chi connectivity index (χ1n) is 6.12. The predicted octanol–water partition coefficient (Wildman–Crippen LogP) is 1.48. The fraction of sp³-hybridized carbons (Fsp3) is 0.333. The van der Waals surface area contributed by atoms with Gasteiger partial charge in [0.25, 0.3) is 5.69 Å². The summed E-state index contributed by atoms with van der Waals surface area (Å²) in [5.41, 5.74) is 0.134. The zero-order valence-electron chi connectivity index (χ0n) is 10.9. The summed E-state index contributed by atoms with van der Waals surface area (Å²) in [6.45, 7) is 3.33. The summed E-state index contributed by atoms with van der Waals surface area (Å²) in [4.78, 5) is 14.5. The van der Waals surface area contributed by atoms with Gasteiger partial charge in [-0.3, -0.25) is 10.1 Å². The molecule has 0 radical (unpaired) electrons. The van der Waals surface area contributed by atoms with E-state index in [9.17, 15) is 14.5 Å². The molecule has 7 nitrogen and oxygen atoms in total. The Balaban J connectivity index is 2.28. The van der Waals surface area contributed by atoms with E-state index in [1.165, 1.54) is 11.0 Å². The minimum atomic E-state index is -0.532. The molecule has 1 N–H and O–H groups in total. The molecular formula is C12H14FN5O2. The van der Waals surface area contributed by atoms with Gasteiger partial charge < -0.3 is 5.32 Å². The van der Waals surface area contributed by atoms with Crippen molar-refractivity contribution in [3.63, 3.8) is 0 Å². The maximum absolute atomic E-state index is 13.3. The molecule has 1 aromatic carbocycles. The third kappa shape index (κ3) is 3.15. The van der Waals surface area contributed by atoms with Gasteiger partial charge in [0.05, 0.1) is 23.6 Å². The zero-order chi connectivity index (χ0) is 14.5. The number of benzene rings is 1. The van der Waals surface area contributed by atoms with E-state index < -0.39 is 10.7 Å². The van der Waals surface area contributed by atoms with E-state index in [1.807, 2.05) is 6.92 Å². The van der Waals surface area contributed by atoms with Gasteiger partial charge in [0.15, 0.2) is 0 Å². The van der Waals surface area contributed by atoms with Crippen LogP contribution in [0, 0.1) is 15.9 Å². The van der Waals surface area contributed by atoms with Crippen LogP contribution in [0.5, 0.6) is 0 Å². The van der Waals surface area contributed by atoms with E-state index in [0.29, 0.717) is 12.4 Å². The lowest BCUT2D eigenvalue weighted by molar-refractivity contribution is -0.385. The van der Waals surface area contributed by atoms with Crippen molar-refractivity contribution >= 4 is 5.69 Å². The Bertz CT molecular complexity index is 614. The highest BCUT2D eigenvalue weighted by atomic mass is 19.1. The fourth-order valence-electron chi connectivity index (χ4n) is 1.81. The number of nitro groups is 1. The Labute approximate surface area is 114 Å². The summed E-state index contributed by atoms with van der Waals surface area (Å²) in [5, 5.41) is 18.1. The second kappa shape index (κ2) is 6.20. The second-order valence-electron chi connectivity index (χ2n) is 4.14. The molecule has 0 saturated carbocycles. The van der Waals surface area contributed by atoms with Crippen LogP contribution in [-0.4, -0.2) is 26.2 Å². The Morgan fingerprint density at radius 3 is 3.00 bits per heavy atom. The standard InChI is InChI=1S/C12H14FN5O2/c1-2-14-6-12-15-8-16-17(12)7-9-5-10(13)3-4-11(9)18(19)20/h3-5,8,14H,2,6-7H2,1H3. The van der Waals surface area contributed by atoms with Crippen molar-refractivity contribution in [3.05, 3.63) is 51.8 Å². The number of nitro benzene ring substituents is 1. The summed E-state index contributed by atoms with van der Waals surface area (Å²) in [7, 11) is 0. The molecule has 0 aliphatic rings. The molecule has 20 heavy (non-hydrogen) atoms. The van der Waals surface area contributed by atoms with Crippen LogP contribution >= 0.6 is 0 Å². The molecule has 0 saturated heterocycles. The highest BCUT2D eigenvalue weighted by molar-refractivity contribution is 5.40. The molecule has 2 aromatic rings. The predicted molar refractivity (Wildman–Crippen MR) is 69.6 cm³/mol. The van der Waals surface area contributed by atoms with E-state index >= 15 is 0 Å². The van der Waals surface area contributed by atoms with E-state index in [0.717, 1.165) is 24.7 Å². The van der Waals surface area contributed by atoms with Gasteiger partial charge in [-0.25, -0.2) is 14.1 Å². The minimum Gasteiger partial charge on any atom is -0.310 e. The molecule has 0 unspecified atom stereocenters. The zero-order valence-corrected chi connectivity index (χ0v) is 10.9. The van der Waals surface area contributed by atoms with Crippen molar-refractivity contribution < 1.29 is 9.31 Å². The van der Waals surface area contributed by atoms with Gasteiger partial charge in [-0.1, -0.05) is 6.92 Å². The van der Waals surface area contributed by atoms with Crippen LogP contribution in [-0.2, 0) is 13.1 Å². The van der Waals surface area contributed by atoms with Crippen molar-refractivity contribution in [2.75, 3.05) is 6.54 Å². The van der Waals surface area contributed by atoms with Gasteiger partial charge in [0.1, 0.15) is 18.0 Å². The van der Waals surface area contributed by atoms with Crippen molar-refractivity contribution in [1.82, 2.24) is 20.1 Å². The second-order valence-corrected chi connectivity index (χ2v) is 4.14. The molecule has 106 valence electrons. The SMILES string of the molecule is CCNCc1ncnn1Cc1cc(F)ccc1[N+](=O)[O-]. The van der Waals surface area contributed by atoms with Crippen molar-refractivity contribution in [2.24, 2.45) is 0 Å². The van der Waals surface area contributed by atoms with E-state index in [1.54, 1.807) is 0 Å². The van der Waals surface area contributed by atoms with Gasteiger partial charge in [-0.15, -0.1) is 0 Å². The van der Waals surface area contributed by atoms with Crippen molar-refractivity contribution in [1.29, 1.82) is 0 Å². The summed E-state index contributed by atoms with van der Waals surface area (Å²) in [5.74, 6) is 0.129. The highest BCUT2D eigenvalue weighted by Crippen LogP contribution is 2.20. The van der Waals surface area contributed by atoms with Crippen LogP contribution in [0.15, 0.2) is 24.5 Å². The minimum absolute atomic E-state index is 0.106. The molecule has 0 fully saturated rings. The topological polar surface area (TPSA) is 85.9 Å². The van der Waals surface area contributed by atoms with E-state index in [4.69, 9.17) is 0 Å². The Morgan fingerprint density at radius 1 is 1.50 bits per heavy atom. The molecule has 0 amide bonds. The van der Waals surface area contributed by atoms with Crippen molar-refractivity contribution in [2.45, 2.75) is 20.0 Å². The molecule has 0 bridgehead atoms. The number of hydrogen-bond acceptors (Lipinski definition) is 5. The Kier molecular flexibility index (Phi) is 4.36. The van der Waals surface area contributed by atoms with Crippen LogP contribution in [0.2, 0.25) is 0 Å². The van der Waals surface area contributed by atoms with Gasteiger partial charge in [0.2, 0.25) is 0 Å². The third-order valence-electron chi connectivity index (χ3n) is 2.79. The summed E-state index contributed by atoms with van der Waals surface area (Å²) < 4.78 is 14.8. The first kappa shape index (κ1) is 14.1. The van der Waals surface area contributed by atoms with Gasteiger partial charge in [-0.05, 0) is 18.7 Å². The summed E-state index contributed by atoms with van der Waals surface area (Å²) >= 11 is 0. The summed E-state index contributed by atoms with van der Waals surface area (Å²) in [6.07, 6.45) is 1.37. The number of aromatic nitrogens is 3. The number of nitrogens with one attached hydrogen (secondary N) is 1. The first-order valence-corrected chi connectivity index (χ1v) is 6.12. The maximum Gasteiger partial charge on any atom is 0.274 e. The number of halogens is 1. The monoisotopic (exact) mass is 279 g/mol. The lowest BCUT2D eigenvalue weighted by Gasteiger charge is -2.07. The highest BCUT2D eigenvalue weighted by Gasteiger charge is 2.16. The van der Waals surface area contributed by atoms with Gasteiger partial charge >= 0.3 is 0 Å². The van der Waals surface area contributed by atoms with Gasteiger partial charge in [0, 0.05) is 6.07 Å². The molecule has 1 aromatic heterocycles. The van der Waals surface area contributed by atoms with Crippen LogP contribution in [0.3, 0.4) is 0 Å².